The maximum Gasteiger partial charge on any atom is 0.255 e. The van der Waals surface area contributed by atoms with Crippen LogP contribution in [0.15, 0.2) is 53.0 Å². The Morgan fingerprint density at radius 3 is 2.68 bits per heavy atom. The molecule has 0 bridgehead atoms. The van der Waals surface area contributed by atoms with E-state index in [1.54, 1.807) is 18.2 Å². The second-order valence-electron chi connectivity index (χ2n) is 5.35. The van der Waals surface area contributed by atoms with Gasteiger partial charge in [-0.05, 0) is 43.7 Å². The average molecular weight is 405 g/mol. The zero-order valence-electron chi connectivity index (χ0n) is 14.0. The van der Waals surface area contributed by atoms with Gasteiger partial charge in [-0.3, -0.25) is 9.59 Å². The van der Waals surface area contributed by atoms with E-state index in [-0.39, 0.29) is 11.8 Å². The Bertz CT molecular complexity index is 734. The summed E-state index contributed by atoms with van der Waals surface area (Å²) in [7, 11) is 0. The predicted molar refractivity (Wildman–Crippen MR) is 102 cm³/mol. The number of rotatable bonds is 8. The monoisotopic (exact) mass is 404 g/mol. The summed E-state index contributed by atoms with van der Waals surface area (Å²) in [5.74, 6) is 0.286. The molecule has 0 aliphatic heterocycles. The number of amides is 2. The average Bonchev–Trinajstić information content (AvgIpc) is 2.59. The number of anilines is 1. The summed E-state index contributed by atoms with van der Waals surface area (Å²) in [5, 5.41) is 5.65. The quantitative estimate of drug-likeness (QED) is 0.653. The van der Waals surface area contributed by atoms with Gasteiger partial charge < -0.3 is 15.4 Å². The van der Waals surface area contributed by atoms with Gasteiger partial charge in [-0.25, -0.2) is 0 Å². The van der Waals surface area contributed by atoms with Gasteiger partial charge in [-0.1, -0.05) is 34.1 Å². The van der Waals surface area contributed by atoms with Crippen molar-refractivity contribution in [3.63, 3.8) is 0 Å². The number of halogens is 1. The number of benzene rings is 2. The maximum atomic E-state index is 12.2. The molecule has 2 aromatic rings. The van der Waals surface area contributed by atoms with Crippen molar-refractivity contribution in [2.75, 3.05) is 18.5 Å². The predicted octanol–water partition coefficient (Wildman–Crippen LogP) is 4.00. The van der Waals surface area contributed by atoms with E-state index in [0.717, 1.165) is 10.2 Å². The molecule has 0 heterocycles. The summed E-state index contributed by atoms with van der Waals surface area (Å²) in [6, 6.07) is 14.5. The van der Waals surface area contributed by atoms with Crippen molar-refractivity contribution in [1.29, 1.82) is 0 Å². The van der Waals surface area contributed by atoms with Crippen molar-refractivity contribution in [2.24, 2.45) is 0 Å². The van der Waals surface area contributed by atoms with Gasteiger partial charge in [0.15, 0.2) is 0 Å². The molecule has 0 spiro atoms. The summed E-state index contributed by atoms with van der Waals surface area (Å²) in [5.41, 5.74) is 1.25. The number of carbonyl (C=O) groups is 2. The number of carbonyl (C=O) groups excluding carboxylic acids is 2. The van der Waals surface area contributed by atoms with E-state index in [1.165, 1.54) is 0 Å². The molecule has 2 rings (SSSR count). The second kappa shape index (κ2) is 9.84. The molecule has 0 aliphatic rings. The molecule has 5 nitrogen and oxygen atoms in total. The third kappa shape index (κ3) is 6.23. The largest absolute Gasteiger partial charge is 0.493 e. The lowest BCUT2D eigenvalue weighted by atomic mass is 10.2. The van der Waals surface area contributed by atoms with Gasteiger partial charge in [0.1, 0.15) is 5.75 Å². The highest BCUT2D eigenvalue weighted by atomic mass is 79.9. The SMILES string of the molecule is CCOc1ccccc1C(=O)NCCCC(=O)Nc1cccc(Br)c1. The number of hydrogen-bond donors (Lipinski definition) is 2. The number of ether oxygens (including phenoxy) is 1. The van der Waals surface area contributed by atoms with Gasteiger partial charge in [-0.15, -0.1) is 0 Å². The Balaban J connectivity index is 1.75. The van der Waals surface area contributed by atoms with Crippen LogP contribution in [-0.2, 0) is 4.79 Å². The van der Waals surface area contributed by atoms with Gasteiger partial charge >= 0.3 is 0 Å². The van der Waals surface area contributed by atoms with Gasteiger partial charge in [0.05, 0.1) is 12.2 Å². The minimum Gasteiger partial charge on any atom is -0.493 e. The number of hydrogen-bond acceptors (Lipinski definition) is 3. The molecule has 2 aromatic carbocycles. The lowest BCUT2D eigenvalue weighted by molar-refractivity contribution is -0.116. The molecule has 0 atom stereocenters. The fourth-order valence-electron chi connectivity index (χ4n) is 2.27. The van der Waals surface area contributed by atoms with Crippen LogP contribution in [0.25, 0.3) is 0 Å². The van der Waals surface area contributed by atoms with E-state index >= 15 is 0 Å². The minimum atomic E-state index is -0.198. The fraction of sp³-hybridized carbons (Fsp3) is 0.263. The number of para-hydroxylation sites is 1. The van der Waals surface area contributed by atoms with Crippen molar-refractivity contribution in [3.8, 4) is 5.75 Å². The molecule has 25 heavy (non-hydrogen) atoms. The molecule has 0 radical (unpaired) electrons. The van der Waals surface area contributed by atoms with E-state index < -0.39 is 0 Å². The van der Waals surface area contributed by atoms with Crippen LogP contribution < -0.4 is 15.4 Å². The molecule has 0 aliphatic carbocycles. The summed E-state index contributed by atoms with van der Waals surface area (Å²) in [4.78, 5) is 24.1. The topological polar surface area (TPSA) is 67.4 Å². The van der Waals surface area contributed by atoms with Crippen LogP contribution in [0, 0.1) is 0 Å². The Morgan fingerprint density at radius 1 is 1.12 bits per heavy atom. The molecular formula is C19H21BrN2O3. The first kappa shape index (κ1) is 19.0. The molecule has 0 saturated heterocycles. The van der Waals surface area contributed by atoms with Crippen molar-refractivity contribution in [2.45, 2.75) is 19.8 Å². The molecular weight excluding hydrogens is 384 g/mol. The Morgan fingerprint density at radius 2 is 1.92 bits per heavy atom. The van der Waals surface area contributed by atoms with E-state index in [9.17, 15) is 9.59 Å². The highest BCUT2D eigenvalue weighted by Crippen LogP contribution is 2.18. The Kier molecular flexibility index (Phi) is 7.47. The molecule has 132 valence electrons. The van der Waals surface area contributed by atoms with Crippen LogP contribution >= 0.6 is 15.9 Å². The molecule has 0 saturated carbocycles. The highest BCUT2D eigenvalue weighted by molar-refractivity contribution is 9.10. The Hall–Kier alpha value is -2.34. The van der Waals surface area contributed by atoms with Crippen molar-refractivity contribution >= 4 is 33.4 Å². The maximum absolute atomic E-state index is 12.2. The van der Waals surface area contributed by atoms with E-state index in [4.69, 9.17) is 4.74 Å². The first-order valence-electron chi connectivity index (χ1n) is 8.15. The normalized spacial score (nSPS) is 10.2. The van der Waals surface area contributed by atoms with Gasteiger partial charge in [-0.2, -0.15) is 0 Å². The van der Waals surface area contributed by atoms with Crippen LogP contribution in [0.2, 0.25) is 0 Å². The molecule has 0 fully saturated rings. The summed E-state index contributed by atoms with van der Waals surface area (Å²) in [6.45, 7) is 2.80. The van der Waals surface area contributed by atoms with Crippen LogP contribution in [0.4, 0.5) is 5.69 Å². The number of nitrogens with one attached hydrogen (secondary N) is 2. The van der Waals surface area contributed by atoms with Crippen molar-refractivity contribution in [3.05, 3.63) is 58.6 Å². The van der Waals surface area contributed by atoms with Crippen molar-refractivity contribution in [1.82, 2.24) is 5.32 Å². The zero-order valence-corrected chi connectivity index (χ0v) is 15.6. The molecule has 0 unspecified atom stereocenters. The van der Waals surface area contributed by atoms with Crippen LogP contribution in [0.1, 0.15) is 30.1 Å². The highest BCUT2D eigenvalue weighted by Gasteiger charge is 2.11. The zero-order chi connectivity index (χ0) is 18.1. The first-order valence-corrected chi connectivity index (χ1v) is 8.95. The Labute approximate surface area is 155 Å². The van der Waals surface area contributed by atoms with Crippen molar-refractivity contribution < 1.29 is 14.3 Å². The minimum absolute atomic E-state index is 0.0814. The van der Waals surface area contributed by atoms with E-state index in [1.807, 2.05) is 37.3 Å². The summed E-state index contributed by atoms with van der Waals surface area (Å²) < 4.78 is 6.36. The molecule has 0 aromatic heterocycles. The smallest absolute Gasteiger partial charge is 0.255 e. The van der Waals surface area contributed by atoms with E-state index in [0.29, 0.717) is 37.3 Å². The van der Waals surface area contributed by atoms with Crippen LogP contribution in [-0.4, -0.2) is 25.0 Å². The van der Waals surface area contributed by atoms with Crippen LogP contribution in [0.3, 0.4) is 0 Å². The summed E-state index contributed by atoms with van der Waals surface area (Å²) in [6.07, 6.45) is 0.891. The second-order valence-corrected chi connectivity index (χ2v) is 6.26. The van der Waals surface area contributed by atoms with Gasteiger partial charge in [0, 0.05) is 23.1 Å². The van der Waals surface area contributed by atoms with E-state index in [2.05, 4.69) is 26.6 Å². The molecule has 2 amide bonds. The fourth-order valence-corrected chi connectivity index (χ4v) is 2.67. The molecule has 2 N–H and O–H groups in total. The summed E-state index contributed by atoms with van der Waals surface area (Å²) >= 11 is 3.36. The molecule has 6 heteroatoms. The van der Waals surface area contributed by atoms with Crippen LogP contribution in [0.5, 0.6) is 5.75 Å². The van der Waals surface area contributed by atoms with Gasteiger partial charge in [0.25, 0.3) is 5.91 Å². The third-order valence-electron chi connectivity index (χ3n) is 3.41. The lowest BCUT2D eigenvalue weighted by Gasteiger charge is -2.10. The third-order valence-corrected chi connectivity index (χ3v) is 3.90. The standard InChI is InChI=1S/C19H21BrN2O3/c1-2-25-17-10-4-3-9-16(17)19(24)21-12-6-11-18(23)22-15-8-5-7-14(20)13-15/h3-5,7-10,13H,2,6,11-12H2,1H3,(H,21,24)(H,22,23). The van der Waals surface area contributed by atoms with Gasteiger partial charge in [0.2, 0.25) is 5.91 Å². The first-order chi connectivity index (χ1) is 12.1. The lowest BCUT2D eigenvalue weighted by Crippen LogP contribution is -2.26.